The molecule has 126 valence electrons. The molecule has 0 radical (unpaired) electrons. The van der Waals surface area contributed by atoms with E-state index >= 15 is 0 Å². The van der Waals surface area contributed by atoms with Crippen molar-refractivity contribution in [3.05, 3.63) is 52.2 Å². The lowest BCUT2D eigenvalue weighted by Gasteiger charge is -2.13. The highest BCUT2D eigenvalue weighted by Crippen LogP contribution is 2.22. The summed E-state index contributed by atoms with van der Waals surface area (Å²) in [6.07, 6.45) is 0.557. The largest absolute Gasteiger partial charge is 0.497 e. The molecule has 2 aromatic rings. The van der Waals surface area contributed by atoms with Gasteiger partial charge in [0.2, 0.25) is 5.91 Å². The predicted octanol–water partition coefficient (Wildman–Crippen LogP) is 3.17. The number of hydrogen-bond acceptors (Lipinski definition) is 5. The fourth-order valence-corrected chi connectivity index (χ4v) is 3.31. The van der Waals surface area contributed by atoms with Crippen LogP contribution in [0.4, 0.5) is 0 Å². The third-order valence-electron chi connectivity index (χ3n) is 4.02. The van der Waals surface area contributed by atoms with E-state index in [4.69, 9.17) is 9.57 Å². The first-order chi connectivity index (χ1) is 11.7. The normalized spacial score (nSPS) is 17.8. The fourth-order valence-electron chi connectivity index (χ4n) is 2.53. The fraction of sp³-hybridized carbons (Fsp3) is 0.333. The highest BCUT2D eigenvalue weighted by atomic mass is 32.1. The number of methoxy groups -OCH3 is 1. The molecule has 6 heteroatoms. The van der Waals surface area contributed by atoms with Crippen molar-refractivity contribution in [2.24, 2.45) is 5.16 Å². The van der Waals surface area contributed by atoms with Gasteiger partial charge in [-0.25, -0.2) is 0 Å². The van der Waals surface area contributed by atoms with Crippen LogP contribution in [-0.4, -0.2) is 31.4 Å². The Morgan fingerprint density at radius 3 is 2.88 bits per heavy atom. The number of thiophene rings is 1. The first-order valence-electron chi connectivity index (χ1n) is 7.85. The molecule has 0 bridgehead atoms. The van der Waals surface area contributed by atoms with Gasteiger partial charge < -0.3 is 14.9 Å². The van der Waals surface area contributed by atoms with Crippen LogP contribution in [0.3, 0.4) is 0 Å². The van der Waals surface area contributed by atoms with Gasteiger partial charge in [0.1, 0.15) is 11.9 Å². The zero-order valence-electron chi connectivity index (χ0n) is 13.7. The van der Waals surface area contributed by atoms with Gasteiger partial charge in [-0.15, -0.1) is 11.3 Å². The van der Waals surface area contributed by atoms with Gasteiger partial charge in [0.05, 0.1) is 25.3 Å². The molecule has 1 aromatic carbocycles. The summed E-state index contributed by atoms with van der Waals surface area (Å²) in [6.45, 7) is 2.37. The van der Waals surface area contributed by atoms with E-state index in [-0.39, 0.29) is 17.9 Å². The lowest BCUT2D eigenvalue weighted by molar-refractivity contribution is -0.122. The second-order valence-corrected chi connectivity index (χ2v) is 6.66. The van der Waals surface area contributed by atoms with E-state index in [1.54, 1.807) is 18.4 Å². The molecule has 2 heterocycles. The van der Waals surface area contributed by atoms with Crippen LogP contribution in [0.25, 0.3) is 0 Å². The van der Waals surface area contributed by atoms with E-state index in [1.165, 1.54) is 0 Å². The first-order valence-corrected chi connectivity index (χ1v) is 8.73. The molecule has 0 saturated heterocycles. The smallest absolute Gasteiger partial charge is 0.228 e. The number of carbonyl (C=O) groups is 1. The highest BCUT2D eigenvalue weighted by molar-refractivity contribution is 7.10. The lowest BCUT2D eigenvalue weighted by Crippen LogP contribution is -2.34. The van der Waals surface area contributed by atoms with E-state index < -0.39 is 0 Å². The minimum Gasteiger partial charge on any atom is -0.497 e. The van der Waals surface area contributed by atoms with E-state index in [0.717, 1.165) is 21.9 Å². The van der Waals surface area contributed by atoms with Gasteiger partial charge in [0.25, 0.3) is 0 Å². The minimum absolute atomic E-state index is 0.0129. The zero-order valence-corrected chi connectivity index (χ0v) is 14.5. The van der Waals surface area contributed by atoms with Crippen LogP contribution in [-0.2, 0) is 9.63 Å². The molecule has 3 rings (SSSR count). The standard InChI is InChI=1S/C18H20N2O3S/c1-12(17-4-3-9-24-17)18(21)19-11-15-10-16(20-23-15)13-5-7-14(22-2)8-6-13/h3-9,12,15H,10-11H2,1-2H3,(H,19,21)/t12-,15+/m0/s1. The summed E-state index contributed by atoms with van der Waals surface area (Å²) < 4.78 is 5.15. The van der Waals surface area contributed by atoms with Crippen molar-refractivity contribution in [3.8, 4) is 5.75 Å². The first kappa shape index (κ1) is 16.5. The molecule has 0 unspecified atom stereocenters. The zero-order chi connectivity index (χ0) is 16.9. The van der Waals surface area contributed by atoms with Gasteiger partial charge in [-0.05, 0) is 48.2 Å². The van der Waals surface area contributed by atoms with Crippen molar-refractivity contribution in [2.75, 3.05) is 13.7 Å². The van der Waals surface area contributed by atoms with Crippen LogP contribution in [0, 0.1) is 0 Å². The molecule has 0 spiro atoms. The third-order valence-corrected chi connectivity index (χ3v) is 5.08. The number of nitrogens with zero attached hydrogens (tertiary/aromatic N) is 1. The Balaban J connectivity index is 1.49. The topological polar surface area (TPSA) is 59.9 Å². The summed E-state index contributed by atoms with van der Waals surface area (Å²) in [6, 6.07) is 11.7. The molecule has 1 amide bonds. The van der Waals surface area contributed by atoms with Gasteiger partial charge in [-0.3, -0.25) is 4.79 Å². The molecule has 5 nitrogen and oxygen atoms in total. The molecule has 0 fully saturated rings. The Labute approximate surface area is 145 Å². The van der Waals surface area contributed by atoms with Crippen LogP contribution >= 0.6 is 11.3 Å². The molecule has 0 aliphatic carbocycles. The number of hydrogen-bond donors (Lipinski definition) is 1. The Morgan fingerprint density at radius 1 is 1.42 bits per heavy atom. The molecule has 1 aliphatic rings. The Morgan fingerprint density at radius 2 is 2.21 bits per heavy atom. The van der Waals surface area contributed by atoms with E-state index in [2.05, 4.69) is 10.5 Å². The average Bonchev–Trinajstić information content (AvgIpc) is 3.31. The van der Waals surface area contributed by atoms with Crippen molar-refractivity contribution >= 4 is 23.0 Å². The van der Waals surface area contributed by atoms with Gasteiger partial charge >= 0.3 is 0 Å². The molecular formula is C18H20N2O3S. The number of ether oxygens (including phenoxy) is 1. The van der Waals surface area contributed by atoms with Gasteiger partial charge in [-0.2, -0.15) is 0 Å². The van der Waals surface area contributed by atoms with Crippen LogP contribution in [0.15, 0.2) is 46.9 Å². The Bertz CT molecular complexity index is 710. The number of oxime groups is 1. The minimum atomic E-state index is -0.145. The van der Waals surface area contributed by atoms with Crippen molar-refractivity contribution in [2.45, 2.75) is 25.4 Å². The average molecular weight is 344 g/mol. The lowest BCUT2D eigenvalue weighted by atomic mass is 10.0. The van der Waals surface area contributed by atoms with Gasteiger partial charge in [0, 0.05) is 11.3 Å². The number of amides is 1. The van der Waals surface area contributed by atoms with Gasteiger partial charge in [0.15, 0.2) is 0 Å². The summed E-state index contributed by atoms with van der Waals surface area (Å²) in [7, 11) is 1.64. The maximum Gasteiger partial charge on any atom is 0.228 e. The molecule has 1 N–H and O–H groups in total. The quantitative estimate of drug-likeness (QED) is 0.875. The molecule has 0 saturated carbocycles. The second-order valence-electron chi connectivity index (χ2n) is 5.68. The van der Waals surface area contributed by atoms with E-state index in [1.807, 2.05) is 48.7 Å². The Kier molecular flexibility index (Phi) is 5.15. The summed E-state index contributed by atoms with van der Waals surface area (Å²) in [4.78, 5) is 18.7. The van der Waals surface area contributed by atoms with Crippen molar-refractivity contribution < 1.29 is 14.4 Å². The molecule has 2 atom stereocenters. The van der Waals surface area contributed by atoms with Crippen LogP contribution in [0.5, 0.6) is 5.75 Å². The highest BCUT2D eigenvalue weighted by Gasteiger charge is 2.24. The maximum absolute atomic E-state index is 12.2. The van der Waals surface area contributed by atoms with Crippen molar-refractivity contribution in [1.29, 1.82) is 0 Å². The molecular weight excluding hydrogens is 324 g/mol. The van der Waals surface area contributed by atoms with E-state index in [9.17, 15) is 4.79 Å². The number of rotatable bonds is 6. The molecule has 1 aromatic heterocycles. The second kappa shape index (κ2) is 7.49. The molecule has 1 aliphatic heterocycles. The van der Waals surface area contributed by atoms with Gasteiger partial charge in [-0.1, -0.05) is 11.2 Å². The summed E-state index contributed by atoms with van der Waals surface area (Å²) >= 11 is 1.59. The SMILES string of the molecule is COc1ccc(C2=NO[C@@H](CNC(=O)[C@@H](C)c3cccs3)C2)cc1. The Hall–Kier alpha value is -2.34. The number of nitrogens with one attached hydrogen (secondary N) is 1. The van der Waals surface area contributed by atoms with Crippen LogP contribution in [0.2, 0.25) is 0 Å². The summed E-state index contributed by atoms with van der Waals surface area (Å²) in [5, 5.41) is 9.07. The molecule has 24 heavy (non-hydrogen) atoms. The third kappa shape index (κ3) is 3.76. The van der Waals surface area contributed by atoms with Crippen LogP contribution in [0.1, 0.15) is 29.7 Å². The summed E-state index contributed by atoms with van der Waals surface area (Å²) in [5.41, 5.74) is 1.90. The van der Waals surface area contributed by atoms with Crippen molar-refractivity contribution in [3.63, 3.8) is 0 Å². The number of benzene rings is 1. The number of carbonyl (C=O) groups excluding carboxylic acids is 1. The van der Waals surface area contributed by atoms with Crippen LogP contribution < -0.4 is 10.1 Å². The van der Waals surface area contributed by atoms with Crippen molar-refractivity contribution in [1.82, 2.24) is 5.32 Å². The monoisotopic (exact) mass is 344 g/mol. The predicted molar refractivity (Wildman–Crippen MR) is 94.8 cm³/mol. The maximum atomic E-state index is 12.2. The summed E-state index contributed by atoms with van der Waals surface area (Å²) in [5.74, 6) is 0.678. The van der Waals surface area contributed by atoms with E-state index in [0.29, 0.717) is 13.0 Å².